The number of ether oxygens (including phenoxy) is 1. The van der Waals surface area contributed by atoms with E-state index in [0.29, 0.717) is 10.6 Å². The highest BCUT2D eigenvalue weighted by Crippen LogP contribution is 2.33. The van der Waals surface area contributed by atoms with Crippen molar-refractivity contribution in [3.8, 4) is 5.75 Å². The van der Waals surface area contributed by atoms with E-state index < -0.39 is 18.0 Å². The van der Waals surface area contributed by atoms with E-state index in [-0.39, 0.29) is 27.0 Å². The molecular formula is C17H14Cl3NO4. The number of hydrogen-bond donors (Lipinski definition) is 2. The molecule has 0 aliphatic rings. The highest BCUT2D eigenvalue weighted by Gasteiger charge is 2.23. The number of carbonyl (C=O) groups excluding carboxylic acids is 2. The molecule has 0 heterocycles. The van der Waals surface area contributed by atoms with Crippen molar-refractivity contribution in [1.82, 2.24) is 0 Å². The molecule has 2 rings (SSSR count). The molecule has 25 heavy (non-hydrogen) atoms. The first-order chi connectivity index (χ1) is 11.7. The Morgan fingerprint density at radius 2 is 1.76 bits per heavy atom. The summed E-state index contributed by atoms with van der Waals surface area (Å²) < 4.78 is 5.09. The van der Waals surface area contributed by atoms with Crippen molar-refractivity contribution in [2.24, 2.45) is 0 Å². The molecule has 0 fully saturated rings. The van der Waals surface area contributed by atoms with E-state index in [1.165, 1.54) is 25.1 Å². The molecule has 2 N–H and O–H groups in total. The molecule has 2 aromatic rings. The Morgan fingerprint density at radius 3 is 2.36 bits per heavy atom. The monoisotopic (exact) mass is 401 g/mol. The summed E-state index contributed by atoms with van der Waals surface area (Å²) in [6.45, 7) is 3.03. The number of hydrogen-bond acceptors (Lipinski definition) is 4. The van der Waals surface area contributed by atoms with Crippen LogP contribution in [0.15, 0.2) is 30.3 Å². The summed E-state index contributed by atoms with van der Waals surface area (Å²) in [5.41, 5.74) is 0.660. The summed E-state index contributed by atoms with van der Waals surface area (Å²) in [5, 5.41) is 13.0. The topological polar surface area (TPSA) is 75.6 Å². The van der Waals surface area contributed by atoms with Gasteiger partial charge < -0.3 is 15.2 Å². The van der Waals surface area contributed by atoms with Crippen molar-refractivity contribution in [3.63, 3.8) is 0 Å². The maximum atomic E-state index is 12.2. The second-order valence-electron chi connectivity index (χ2n) is 5.25. The SMILES string of the molecule is Cc1cccc(C(=O)O[C@H](C)C(=O)Nc2c(Cl)cc(Cl)cc2Cl)c1O. The number of anilines is 1. The van der Waals surface area contributed by atoms with Crippen LogP contribution in [0.25, 0.3) is 0 Å². The summed E-state index contributed by atoms with van der Waals surface area (Å²) in [5.74, 6) is -1.65. The summed E-state index contributed by atoms with van der Waals surface area (Å²) in [4.78, 5) is 24.4. The van der Waals surface area contributed by atoms with Gasteiger partial charge in [0.25, 0.3) is 5.91 Å². The molecule has 8 heteroatoms. The summed E-state index contributed by atoms with van der Waals surface area (Å²) in [6, 6.07) is 7.50. The van der Waals surface area contributed by atoms with Crippen molar-refractivity contribution in [2.45, 2.75) is 20.0 Å². The largest absolute Gasteiger partial charge is 0.507 e. The van der Waals surface area contributed by atoms with Gasteiger partial charge in [-0.05, 0) is 37.6 Å². The molecule has 0 spiro atoms. The molecule has 0 bridgehead atoms. The van der Waals surface area contributed by atoms with Gasteiger partial charge >= 0.3 is 5.97 Å². The number of nitrogens with one attached hydrogen (secondary N) is 1. The number of esters is 1. The third kappa shape index (κ3) is 4.57. The van der Waals surface area contributed by atoms with Crippen LogP contribution in [0.5, 0.6) is 5.75 Å². The van der Waals surface area contributed by atoms with Crippen molar-refractivity contribution in [1.29, 1.82) is 0 Å². The number of rotatable bonds is 4. The van der Waals surface area contributed by atoms with Gasteiger partial charge in [-0.25, -0.2) is 4.79 Å². The van der Waals surface area contributed by atoms with Crippen LogP contribution in [-0.2, 0) is 9.53 Å². The fourth-order valence-corrected chi connectivity index (χ4v) is 2.90. The van der Waals surface area contributed by atoms with E-state index in [1.807, 2.05) is 0 Å². The zero-order valence-corrected chi connectivity index (χ0v) is 15.5. The lowest BCUT2D eigenvalue weighted by molar-refractivity contribution is -0.123. The van der Waals surface area contributed by atoms with Crippen LogP contribution in [0.3, 0.4) is 0 Å². The highest BCUT2D eigenvalue weighted by atomic mass is 35.5. The van der Waals surface area contributed by atoms with Crippen molar-refractivity contribution in [2.75, 3.05) is 5.32 Å². The predicted octanol–water partition coefficient (Wildman–Crippen LogP) is 4.84. The number of phenolic OH excluding ortho intramolecular Hbond substituents is 1. The second-order valence-corrected chi connectivity index (χ2v) is 6.50. The summed E-state index contributed by atoms with van der Waals surface area (Å²) >= 11 is 17.8. The molecule has 0 saturated heterocycles. The Bertz CT molecular complexity index is 816. The molecule has 0 saturated carbocycles. The third-order valence-corrected chi connectivity index (χ3v) is 4.18. The van der Waals surface area contributed by atoms with Gasteiger partial charge in [-0.2, -0.15) is 0 Å². The molecule has 0 aromatic heterocycles. The van der Waals surface area contributed by atoms with E-state index in [0.717, 1.165) is 0 Å². The Hall–Kier alpha value is -1.95. The molecule has 1 amide bonds. The van der Waals surface area contributed by atoms with Gasteiger partial charge in [0.05, 0.1) is 15.7 Å². The molecule has 0 aliphatic carbocycles. The van der Waals surface area contributed by atoms with E-state index >= 15 is 0 Å². The number of carbonyl (C=O) groups is 2. The maximum absolute atomic E-state index is 12.2. The van der Waals surface area contributed by atoms with Crippen LogP contribution in [0.4, 0.5) is 5.69 Å². The van der Waals surface area contributed by atoms with Gasteiger partial charge in [-0.15, -0.1) is 0 Å². The fourth-order valence-electron chi connectivity index (χ4n) is 1.99. The first kappa shape index (κ1) is 19.4. The quantitative estimate of drug-likeness (QED) is 0.717. The first-order valence-corrected chi connectivity index (χ1v) is 8.29. The molecule has 2 aromatic carbocycles. The second kappa shape index (κ2) is 7.95. The van der Waals surface area contributed by atoms with Crippen molar-refractivity contribution in [3.05, 3.63) is 56.5 Å². The number of amides is 1. The normalized spacial score (nSPS) is 11.7. The Balaban J connectivity index is 2.11. The van der Waals surface area contributed by atoms with E-state index in [1.54, 1.807) is 19.1 Å². The van der Waals surface area contributed by atoms with Crippen LogP contribution in [-0.4, -0.2) is 23.1 Å². The van der Waals surface area contributed by atoms with Crippen LogP contribution in [0.2, 0.25) is 15.1 Å². The molecular weight excluding hydrogens is 389 g/mol. The van der Waals surface area contributed by atoms with Gasteiger partial charge in [-0.3, -0.25) is 4.79 Å². The number of para-hydroxylation sites is 1. The number of aryl methyl sites for hydroxylation is 1. The van der Waals surface area contributed by atoms with E-state index in [9.17, 15) is 14.7 Å². The smallest absolute Gasteiger partial charge is 0.342 e. The number of aromatic hydroxyl groups is 1. The lowest BCUT2D eigenvalue weighted by Crippen LogP contribution is -2.30. The van der Waals surface area contributed by atoms with Gasteiger partial charge in [0.15, 0.2) is 6.10 Å². The maximum Gasteiger partial charge on any atom is 0.342 e. The van der Waals surface area contributed by atoms with Crippen LogP contribution in [0, 0.1) is 6.92 Å². The average molecular weight is 403 g/mol. The Kier molecular flexibility index (Phi) is 6.16. The lowest BCUT2D eigenvalue weighted by atomic mass is 10.1. The molecule has 5 nitrogen and oxygen atoms in total. The fraction of sp³-hybridized carbons (Fsp3) is 0.176. The predicted molar refractivity (Wildman–Crippen MR) is 97.8 cm³/mol. The lowest BCUT2D eigenvalue weighted by Gasteiger charge is -2.16. The number of benzene rings is 2. The van der Waals surface area contributed by atoms with Gasteiger partial charge in [0, 0.05) is 5.02 Å². The van der Waals surface area contributed by atoms with Gasteiger partial charge in [-0.1, -0.05) is 46.9 Å². The average Bonchev–Trinajstić information content (AvgIpc) is 2.52. The third-order valence-electron chi connectivity index (χ3n) is 3.37. The minimum atomic E-state index is -1.14. The van der Waals surface area contributed by atoms with Gasteiger partial charge in [0.1, 0.15) is 11.3 Å². The summed E-state index contributed by atoms with van der Waals surface area (Å²) in [6.07, 6.45) is -1.14. The molecule has 132 valence electrons. The first-order valence-electron chi connectivity index (χ1n) is 7.15. The number of halogens is 3. The zero-order chi connectivity index (χ0) is 18.7. The zero-order valence-electron chi connectivity index (χ0n) is 13.3. The minimum Gasteiger partial charge on any atom is -0.507 e. The van der Waals surface area contributed by atoms with Crippen LogP contribution >= 0.6 is 34.8 Å². The highest BCUT2D eigenvalue weighted by molar-refractivity contribution is 6.42. The number of phenols is 1. The Morgan fingerprint density at radius 1 is 1.16 bits per heavy atom. The van der Waals surface area contributed by atoms with Crippen molar-refractivity contribution < 1.29 is 19.4 Å². The summed E-state index contributed by atoms with van der Waals surface area (Å²) in [7, 11) is 0. The molecule has 0 unspecified atom stereocenters. The van der Waals surface area contributed by atoms with E-state index in [4.69, 9.17) is 39.5 Å². The molecule has 0 radical (unpaired) electrons. The van der Waals surface area contributed by atoms with Crippen LogP contribution in [0.1, 0.15) is 22.8 Å². The molecule has 1 atom stereocenters. The van der Waals surface area contributed by atoms with Gasteiger partial charge in [0.2, 0.25) is 0 Å². The molecule has 0 aliphatic heterocycles. The standard InChI is InChI=1S/C17H14Cl3NO4/c1-8-4-3-5-11(15(8)22)17(24)25-9(2)16(23)21-14-12(19)6-10(18)7-13(14)20/h3-7,9,22H,1-2H3,(H,21,23)/t9-/m1/s1. The van der Waals surface area contributed by atoms with Crippen LogP contribution < -0.4 is 5.32 Å². The Labute approximate surface area is 159 Å². The van der Waals surface area contributed by atoms with Crippen molar-refractivity contribution >= 4 is 52.4 Å². The minimum absolute atomic E-state index is 0.0257. The van der Waals surface area contributed by atoms with E-state index in [2.05, 4.69) is 5.32 Å².